The summed E-state index contributed by atoms with van der Waals surface area (Å²) in [6, 6.07) is 1.13. The molecule has 1 atom stereocenters. The van der Waals surface area contributed by atoms with Crippen molar-refractivity contribution < 1.29 is 13.0 Å². The molecule has 0 aromatic heterocycles. The van der Waals surface area contributed by atoms with Crippen LogP contribution in [0.3, 0.4) is 0 Å². The van der Waals surface area contributed by atoms with Crippen molar-refractivity contribution in [3.63, 3.8) is 0 Å². The largest absolute Gasteiger partial charge is 0.462 e. The second kappa shape index (κ2) is 6.96. The third-order valence-corrected chi connectivity index (χ3v) is 9.73. The highest BCUT2D eigenvalue weighted by atomic mass is 28.4. The van der Waals surface area contributed by atoms with Gasteiger partial charge in [-0.05, 0) is 52.2 Å². The van der Waals surface area contributed by atoms with Gasteiger partial charge in [-0.1, -0.05) is 13.3 Å². The molecule has 110 valence electrons. The van der Waals surface area contributed by atoms with Crippen LogP contribution in [0, 0.1) is 0 Å². The molecule has 1 unspecified atom stereocenters. The van der Waals surface area contributed by atoms with E-state index in [-0.39, 0.29) is 0 Å². The zero-order valence-corrected chi connectivity index (χ0v) is 18.9. The van der Waals surface area contributed by atoms with Crippen LogP contribution in [0.1, 0.15) is 20.3 Å². The van der Waals surface area contributed by atoms with Crippen LogP contribution in [0.5, 0.6) is 0 Å². The average molecular weight is 325 g/mol. The molecule has 0 aliphatic rings. The maximum absolute atomic E-state index is 6.42. The third-order valence-electron chi connectivity index (χ3n) is 2.44. The molecule has 0 heterocycles. The Balaban J connectivity index is 5.11. The molecule has 0 radical (unpaired) electrons. The third kappa shape index (κ3) is 7.36. The minimum Gasteiger partial charge on any atom is -0.462 e. The van der Waals surface area contributed by atoms with E-state index in [1.807, 2.05) is 0 Å². The van der Waals surface area contributed by atoms with Gasteiger partial charge in [0.2, 0.25) is 9.04 Å². The monoisotopic (exact) mass is 324 g/mol. The number of hydrogen-bond acceptors (Lipinski definition) is 3. The molecule has 0 bridgehead atoms. The molecule has 0 aromatic carbocycles. The first kappa shape index (κ1) is 18.7. The summed E-state index contributed by atoms with van der Waals surface area (Å²) in [5.74, 6) is 0. The van der Waals surface area contributed by atoms with Crippen LogP contribution in [-0.4, -0.2) is 41.6 Å². The quantitative estimate of drug-likeness (QED) is 0.507. The van der Waals surface area contributed by atoms with Crippen LogP contribution >= 0.6 is 0 Å². The second-order valence-electron chi connectivity index (χ2n) is 6.96. The molecule has 0 spiro atoms. The fraction of sp³-hybridized carbons (Fsp3) is 1.00. The lowest BCUT2D eigenvalue weighted by Gasteiger charge is -2.44. The Morgan fingerprint density at radius 2 is 1.39 bits per heavy atom. The lowest BCUT2D eigenvalue weighted by atomic mass is 10.6. The first-order valence-electron chi connectivity index (χ1n) is 6.86. The minimum atomic E-state index is -1.63. The topological polar surface area (TPSA) is 27.7 Å². The van der Waals surface area contributed by atoms with Gasteiger partial charge in [-0.25, -0.2) is 0 Å². The molecule has 0 amide bonds. The van der Waals surface area contributed by atoms with E-state index < -0.39 is 31.1 Å². The van der Waals surface area contributed by atoms with Crippen molar-refractivity contribution in [3.05, 3.63) is 0 Å². The van der Waals surface area contributed by atoms with Crippen molar-refractivity contribution in [2.24, 2.45) is 0 Å². The molecule has 18 heavy (non-hydrogen) atoms. The molecule has 0 saturated heterocycles. The standard InChI is InChI=1S/C11H32O3Si4/c1-9-10-16(14-15)11(2,12-17(3,4)5)13-18(6,7)8/h16H,9-10H2,1-8,15H3. The Morgan fingerprint density at radius 3 is 1.61 bits per heavy atom. The van der Waals surface area contributed by atoms with Gasteiger partial charge in [-0.3, -0.25) is 0 Å². The SMILES string of the molecule is CCC[SiH](O[SiH3])C(C)(O[Si](C)(C)C)O[Si](C)(C)C. The van der Waals surface area contributed by atoms with E-state index in [2.05, 4.69) is 53.1 Å². The van der Waals surface area contributed by atoms with E-state index in [9.17, 15) is 0 Å². The Hall–Kier alpha value is 0.748. The fourth-order valence-electron chi connectivity index (χ4n) is 2.22. The summed E-state index contributed by atoms with van der Waals surface area (Å²) < 4.78 is 18.8. The van der Waals surface area contributed by atoms with E-state index in [0.29, 0.717) is 0 Å². The first-order chi connectivity index (χ1) is 7.93. The summed E-state index contributed by atoms with van der Waals surface area (Å²) in [6.45, 7) is 17.7. The summed E-state index contributed by atoms with van der Waals surface area (Å²) in [5.41, 5.74) is -0.438. The molecule has 7 heteroatoms. The molecule has 0 aliphatic heterocycles. The predicted molar refractivity (Wildman–Crippen MR) is 90.5 cm³/mol. The van der Waals surface area contributed by atoms with E-state index in [1.54, 1.807) is 0 Å². The molecule has 0 N–H and O–H groups in total. The van der Waals surface area contributed by atoms with Gasteiger partial charge in [-0.15, -0.1) is 0 Å². The fourth-order valence-corrected chi connectivity index (χ4v) is 11.7. The summed E-state index contributed by atoms with van der Waals surface area (Å²) >= 11 is 0. The highest BCUT2D eigenvalue weighted by Gasteiger charge is 2.44. The Kier molecular flexibility index (Phi) is 7.25. The molecule has 0 rings (SSSR count). The van der Waals surface area contributed by atoms with Crippen LogP contribution in [0.15, 0.2) is 0 Å². The van der Waals surface area contributed by atoms with E-state index in [1.165, 1.54) is 0 Å². The van der Waals surface area contributed by atoms with Crippen LogP contribution in [0.4, 0.5) is 0 Å². The molecule has 0 fully saturated rings. The highest BCUT2D eigenvalue weighted by Crippen LogP contribution is 2.29. The van der Waals surface area contributed by atoms with E-state index >= 15 is 0 Å². The van der Waals surface area contributed by atoms with Crippen molar-refractivity contribution in [2.75, 3.05) is 0 Å². The first-order valence-corrected chi connectivity index (χ1v) is 16.4. The molecule has 0 saturated carbocycles. The summed E-state index contributed by atoms with van der Waals surface area (Å²) in [5, 5.41) is 0. The van der Waals surface area contributed by atoms with Gasteiger partial charge >= 0.3 is 0 Å². The molecule has 3 nitrogen and oxygen atoms in total. The predicted octanol–water partition coefficient (Wildman–Crippen LogP) is 2.38. The van der Waals surface area contributed by atoms with E-state index in [0.717, 1.165) is 23.0 Å². The van der Waals surface area contributed by atoms with Gasteiger partial charge in [0.1, 0.15) is 10.5 Å². The van der Waals surface area contributed by atoms with Gasteiger partial charge in [0.15, 0.2) is 22.0 Å². The highest BCUT2D eigenvalue weighted by molar-refractivity contribution is 6.73. The summed E-state index contributed by atoms with van der Waals surface area (Å²) in [6.07, 6.45) is 1.15. The van der Waals surface area contributed by atoms with Crippen LogP contribution in [0.2, 0.25) is 45.3 Å². The Bertz CT molecular complexity index is 232. The van der Waals surface area contributed by atoms with Crippen molar-refractivity contribution in [1.82, 2.24) is 0 Å². The van der Waals surface area contributed by atoms with Crippen LogP contribution in [0.25, 0.3) is 0 Å². The van der Waals surface area contributed by atoms with Gasteiger partial charge in [-0.2, -0.15) is 0 Å². The van der Waals surface area contributed by atoms with Crippen molar-refractivity contribution in [2.45, 2.75) is 71.0 Å². The Labute approximate surface area is 120 Å². The second-order valence-corrected chi connectivity index (χ2v) is 20.3. The van der Waals surface area contributed by atoms with Gasteiger partial charge < -0.3 is 13.0 Å². The molecular formula is C11H32O3Si4. The minimum absolute atomic E-state index is 0.438. The molecule has 0 aromatic rings. The molecule has 0 aliphatic carbocycles. The smallest absolute Gasteiger partial charge is 0.227 e. The van der Waals surface area contributed by atoms with E-state index in [4.69, 9.17) is 13.0 Å². The van der Waals surface area contributed by atoms with Gasteiger partial charge in [0.25, 0.3) is 0 Å². The average Bonchev–Trinajstić information content (AvgIpc) is 2.07. The maximum Gasteiger partial charge on any atom is 0.227 e. The normalized spacial score (nSPS) is 16.0. The lowest BCUT2D eigenvalue weighted by Crippen LogP contribution is -2.58. The van der Waals surface area contributed by atoms with Crippen LogP contribution < -0.4 is 0 Å². The maximum atomic E-state index is 6.42. The summed E-state index contributed by atoms with van der Waals surface area (Å²) in [4.78, 5) is 0. The van der Waals surface area contributed by atoms with Crippen molar-refractivity contribution in [1.29, 1.82) is 0 Å². The van der Waals surface area contributed by atoms with Gasteiger partial charge in [0.05, 0.1) is 0 Å². The zero-order valence-electron chi connectivity index (χ0n) is 13.7. The zero-order chi connectivity index (χ0) is 14.6. The van der Waals surface area contributed by atoms with Crippen LogP contribution in [-0.2, 0) is 13.0 Å². The number of rotatable bonds is 8. The summed E-state index contributed by atoms with van der Waals surface area (Å²) in [7, 11) is -3.94. The van der Waals surface area contributed by atoms with Gasteiger partial charge in [0, 0.05) is 0 Å². The van der Waals surface area contributed by atoms with Crippen molar-refractivity contribution >= 4 is 36.2 Å². The van der Waals surface area contributed by atoms with Crippen molar-refractivity contribution in [3.8, 4) is 0 Å². The Morgan fingerprint density at radius 1 is 1.00 bits per heavy atom. The molecular weight excluding hydrogens is 292 g/mol. The number of hydrogen-bond donors (Lipinski definition) is 0. The lowest BCUT2D eigenvalue weighted by molar-refractivity contribution is -0.0510.